The highest BCUT2D eigenvalue weighted by atomic mass is 32.2. The number of rotatable bonds is 11. The Kier molecular flexibility index (Phi) is 10.3. The van der Waals surface area contributed by atoms with Gasteiger partial charge in [-0.15, -0.1) is 11.8 Å². The van der Waals surface area contributed by atoms with E-state index in [9.17, 15) is 25.2 Å². The quantitative estimate of drug-likeness (QED) is 0.174. The van der Waals surface area contributed by atoms with Crippen molar-refractivity contribution in [3.8, 4) is 12.1 Å². The largest absolute Gasteiger partial charge is 0.481 e. The molecule has 3 N–H and O–H groups in total. The highest BCUT2D eigenvalue weighted by molar-refractivity contribution is 8.03. The van der Waals surface area contributed by atoms with Crippen LogP contribution in [-0.4, -0.2) is 41.0 Å². The van der Waals surface area contributed by atoms with Crippen molar-refractivity contribution in [3.05, 3.63) is 81.4 Å². The fourth-order valence-electron chi connectivity index (χ4n) is 5.22. The molecule has 0 aromatic heterocycles. The van der Waals surface area contributed by atoms with Gasteiger partial charge in [0.05, 0.1) is 35.2 Å². The molecule has 10 heteroatoms. The highest BCUT2D eigenvalue weighted by Gasteiger charge is 2.34. The topological polar surface area (TPSA) is 137 Å². The molecule has 0 atom stereocenters. The minimum Gasteiger partial charge on any atom is -0.481 e. The summed E-state index contributed by atoms with van der Waals surface area (Å²) in [7, 11) is 0. The Labute approximate surface area is 260 Å². The first-order valence-electron chi connectivity index (χ1n) is 13.9. The predicted octanol–water partition coefficient (Wildman–Crippen LogP) is 7.36. The number of aliphatic carboxylic acids is 2. The second-order valence-corrected chi connectivity index (χ2v) is 13.4. The van der Waals surface area contributed by atoms with Gasteiger partial charge in [0.15, 0.2) is 0 Å². The monoisotopic (exact) mass is 614 g/mol. The number of nitrogens with zero attached hydrogens (tertiary/aromatic N) is 3. The maximum atomic E-state index is 11.5. The van der Waals surface area contributed by atoms with Crippen LogP contribution >= 0.6 is 23.5 Å². The highest BCUT2D eigenvalue weighted by Crippen LogP contribution is 2.50. The van der Waals surface area contributed by atoms with Crippen molar-refractivity contribution >= 4 is 46.8 Å². The second kappa shape index (κ2) is 13.9. The van der Waals surface area contributed by atoms with Gasteiger partial charge < -0.3 is 20.4 Å². The van der Waals surface area contributed by atoms with Gasteiger partial charge in [-0.2, -0.15) is 10.5 Å². The maximum absolute atomic E-state index is 11.5. The van der Waals surface area contributed by atoms with Crippen LogP contribution in [0.1, 0.15) is 45.1 Å². The van der Waals surface area contributed by atoms with Gasteiger partial charge in [0.1, 0.15) is 6.07 Å². The van der Waals surface area contributed by atoms with Gasteiger partial charge in [-0.25, -0.2) is 0 Å². The lowest BCUT2D eigenvalue weighted by Crippen LogP contribution is -2.24. The Balaban J connectivity index is 1.69. The van der Waals surface area contributed by atoms with E-state index in [-0.39, 0.29) is 24.8 Å². The number of fused-ring (bicyclic) bond motifs is 1. The standard InChI is InChI=1S/C33H34N4O4S2/c1-21-8-9-29-27(14-21)37(13-11-31(40)41)32(43-29)25(19-35)23-15-22(16-33(2,3)17-23)24(18-34)20-42-28-7-5-4-6-26(28)36-12-10-30(38)39/h4-9,14-15,36H,10-13,16-17,20H2,1-3H3,(H,38,39)(H,40,41)/b24-22-,32-25-. The van der Waals surface area contributed by atoms with Gasteiger partial charge in [0.25, 0.3) is 0 Å². The number of carboxylic acids is 2. The second-order valence-electron chi connectivity index (χ2n) is 11.3. The Morgan fingerprint density at radius 1 is 1.07 bits per heavy atom. The molecule has 8 nitrogen and oxygen atoms in total. The molecule has 0 saturated heterocycles. The molecule has 4 rings (SSSR count). The number of thioether (sulfide) groups is 2. The first-order chi connectivity index (χ1) is 20.5. The van der Waals surface area contributed by atoms with Gasteiger partial charge >= 0.3 is 11.9 Å². The molecule has 0 saturated carbocycles. The molecule has 222 valence electrons. The molecule has 0 spiro atoms. The minimum atomic E-state index is -0.901. The van der Waals surface area contributed by atoms with E-state index in [1.54, 1.807) is 0 Å². The fraction of sp³-hybridized carbons (Fsp3) is 0.333. The number of carbonyl (C=O) groups is 2. The summed E-state index contributed by atoms with van der Waals surface area (Å²) in [5.74, 6) is -1.35. The van der Waals surface area contributed by atoms with Gasteiger partial charge in [-0.3, -0.25) is 9.59 Å². The van der Waals surface area contributed by atoms with Crippen LogP contribution in [0.15, 0.2) is 85.7 Å². The first-order valence-corrected chi connectivity index (χ1v) is 15.7. The van der Waals surface area contributed by atoms with Crippen molar-refractivity contribution in [1.29, 1.82) is 10.5 Å². The van der Waals surface area contributed by atoms with E-state index in [0.29, 0.717) is 36.3 Å². The Hall–Kier alpha value is -4.12. The zero-order valence-corrected chi connectivity index (χ0v) is 26.1. The Morgan fingerprint density at radius 2 is 1.81 bits per heavy atom. The number of allylic oxidation sites excluding steroid dienone is 4. The van der Waals surface area contributed by atoms with Gasteiger partial charge in [-0.1, -0.05) is 49.9 Å². The molecule has 2 aliphatic rings. The van der Waals surface area contributed by atoms with Crippen LogP contribution in [0.2, 0.25) is 0 Å². The summed E-state index contributed by atoms with van der Waals surface area (Å²) in [6.07, 6.45) is 3.25. The normalized spacial score (nSPS) is 17.7. The van der Waals surface area contributed by atoms with E-state index < -0.39 is 11.9 Å². The number of carboxylic acid groups (broad SMARTS) is 2. The predicted molar refractivity (Wildman–Crippen MR) is 171 cm³/mol. The molecule has 1 aliphatic carbocycles. The van der Waals surface area contributed by atoms with Crippen LogP contribution in [0.5, 0.6) is 0 Å². The summed E-state index contributed by atoms with van der Waals surface area (Å²) in [5.41, 5.74) is 5.44. The molecular weight excluding hydrogens is 581 g/mol. The smallest absolute Gasteiger partial charge is 0.305 e. The number of para-hydroxylation sites is 1. The molecule has 1 heterocycles. The van der Waals surface area contributed by atoms with Crippen LogP contribution in [0, 0.1) is 35.0 Å². The number of aryl methyl sites for hydroxylation is 1. The third-order valence-corrected chi connectivity index (χ3v) is 9.46. The summed E-state index contributed by atoms with van der Waals surface area (Å²) in [6.45, 7) is 6.80. The van der Waals surface area contributed by atoms with Crippen LogP contribution in [0.4, 0.5) is 11.4 Å². The van der Waals surface area contributed by atoms with Crippen LogP contribution in [0.3, 0.4) is 0 Å². The van der Waals surface area contributed by atoms with E-state index in [1.807, 2.05) is 60.4 Å². The van der Waals surface area contributed by atoms with E-state index in [2.05, 4.69) is 31.3 Å². The molecule has 0 radical (unpaired) electrons. The van der Waals surface area contributed by atoms with E-state index >= 15 is 0 Å². The number of hydrogen-bond acceptors (Lipinski definition) is 8. The minimum absolute atomic E-state index is 0.00257. The average molecular weight is 615 g/mol. The Bertz CT molecular complexity index is 1610. The summed E-state index contributed by atoms with van der Waals surface area (Å²) in [6, 6.07) is 18.5. The number of benzene rings is 2. The molecule has 0 amide bonds. The summed E-state index contributed by atoms with van der Waals surface area (Å²) in [4.78, 5) is 26.3. The van der Waals surface area contributed by atoms with E-state index in [1.165, 1.54) is 23.5 Å². The number of anilines is 2. The van der Waals surface area contributed by atoms with Crippen LogP contribution in [0.25, 0.3) is 0 Å². The summed E-state index contributed by atoms with van der Waals surface area (Å²) in [5, 5.41) is 43.0. The third-order valence-electron chi connectivity index (χ3n) is 7.18. The van der Waals surface area contributed by atoms with Crippen LogP contribution < -0.4 is 10.2 Å². The maximum Gasteiger partial charge on any atom is 0.305 e. The SMILES string of the molecule is Cc1ccc2c(c1)N(CCC(=O)O)/C(=C(\C#N)C1=C/C(=C(\C#N)CSc3ccccc3NCCC(=O)O)CC(C)(C)C1)S2. The molecule has 0 bridgehead atoms. The Morgan fingerprint density at radius 3 is 2.51 bits per heavy atom. The number of nitrogens with one attached hydrogen (secondary N) is 1. The van der Waals surface area contributed by atoms with Crippen molar-refractivity contribution < 1.29 is 19.8 Å². The van der Waals surface area contributed by atoms with Gasteiger partial charge in [0.2, 0.25) is 0 Å². The van der Waals surface area contributed by atoms with Crippen molar-refractivity contribution in [1.82, 2.24) is 0 Å². The molecule has 0 fully saturated rings. The average Bonchev–Trinajstić information content (AvgIpc) is 3.29. The van der Waals surface area contributed by atoms with Gasteiger partial charge in [-0.05, 0) is 66.2 Å². The molecule has 2 aromatic carbocycles. The lowest BCUT2D eigenvalue weighted by atomic mass is 9.73. The van der Waals surface area contributed by atoms with Crippen molar-refractivity contribution in [2.45, 2.75) is 56.2 Å². The van der Waals surface area contributed by atoms with Crippen LogP contribution in [-0.2, 0) is 9.59 Å². The molecule has 0 unspecified atom stereocenters. The summed E-state index contributed by atoms with van der Waals surface area (Å²) >= 11 is 3.00. The number of hydrogen-bond donors (Lipinski definition) is 3. The number of nitriles is 2. The van der Waals surface area contributed by atoms with E-state index in [4.69, 9.17) is 5.11 Å². The van der Waals surface area contributed by atoms with Crippen molar-refractivity contribution in [3.63, 3.8) is 0 Å². The fourth-order valence-corrected chi connectivity index (χ4v) is 7.43. The third kappa shape index (κ3) is 8.04. The molecular formula is C33H34N4O4S2. The molecule has 1 aliphatic heterocycles. The lowest BCUT2D eigenvalue weighted by Gasteiger charge is -2.32. The molecule has 2 aromatic rings. The first kappa shape index (κ1) is 31.8. The van der Waals surface area contributed by atoms with Gasteiger partial charge in [0, 0.05) is 39.9 Å². The zero-order chi connectivity index (χ0) is 31.1. The zero-order valence-electron chi connectivity index (χ0n) is 24.4. The van der Waals surface area contributed by atoms with Crippen molar-refractivity contribution in [2.75, 3.05) is 29.1 Å². The van der Waals surface area contributed by atoms with Crippen molar-refractivity contribution in [2.24, 2.45) is 5.41 Å². The summed E-state index contributed by atoms with van der Waals surface area (Å²) < 4.78 is 0. The lowest BCUT2D eigenvalue weighted by molar-refractivity contribution is -0.137. The molecule has 43 heavy (non-hydrogen) atoms. The van der Waals surface area contributed by atoms with E-state index in [0.717, 1.165) is 42.9 Å².